The first kappa shape index (κ1) is 21.0. The first-order valence-corrected chi connectivity index (χ1v) is 8.88. The lowest BCUT2D eigenvalue weighted by Crippen LogP contribution is -2.27. The van der Waals surface area contributed by atoms with Gasteiger partial charge in [0.2, 0.25) is 0 Å². The molecule has 0 spiro atoms. The molecule has 0 aliphatic heterocycles. The van der Waals surface area contributed by atoms with Crippen LogP contribution in [0.15, 0.2) is 60.3 Å². The summed E-state index contributed by atoms with van der Waals surface area (Å²) in [6.07, 6.45) is 1.22. The Balaban J connectivity index is 2.13. The van der Waals surface area contributed by atoms with Crippen LogP contribution >= 0.6 is 0 Å². The fraction of sp³-hybridized carbons (Fsp3) is 0.273. The maximum absolute atomic E-state index is 11.8. The predicted octanol–water partition coefficient (Wildman–Crippen LogP) is 4.70. The van der Waals surface area contributed by atoms with Crippen LogP contribution in [0.4, 0.5) is 10.5 Å². The fourth-order valence-corrected chi connectivity index (χ4v) is 2.63. The lowest BCUT2D eigenvalue weighted by Gasteiger charge is -2.20. The summed E-state index contributed by atoms with van der Waals surface area (Å²) in [6, 6.07) is 13.4. The highest BCUT2D eigenvalue weighted by molar-refractivity contribution is 5.98. The molecule has 0 atom stereocenters. The monoisotopic (exact) mass is 382 g/mol. The Kier molecular flexibility index (Phi) is 7.63. The highest BCUT2D eigenvalue weighted by atomic mass is 16.6. The zero-order valence-electron chi connectivity index (χ0n) is 16.8. The fourth-order valence-electron chi connectivity index (χ4n) is 2.63. The molecule has 0 N–H and O–H groups in total. The number of hydrogen-bond acceptors (Lipinski definition) is 5. The van der Waals surface area contributed by atoms with E-state index >= 15 is 0 Å². The van der Waals surface area contributed by atoms with Gasteiger partial charge in [-0.2, -0.15) is 0 Å². The van der Waals surface area contributed by atoms with Crippen molar-refractivity contribution in [1.29, 1.82) is 0 Å². The van der Waals surface area contributed by atoms with E-state index in [1.807, 2.05) is 56.3 Å². The van der Waals surface area contributed by atoms with Crippen LogP contribution in [0.5, 0.6) is 5.75 Å². The third kappa shape index (κ3) is 5.36. The molecule has 0 aliphatic rings. The summed E-state index contributed by atoms with van der Waals surface area (Å²) >= 11 is 0. The molecule has 0 fully saturated rings. The van der Waals surface area contributed by atoms with Gasteiger partial charge in [-0.05, 0) is 49.2 Å². The average molecular weight is 382 g/mol. The molecule has 6 nitrogen and oxygen atoms in total. The zero-order chi connectivity index (χ0) is 20.5. The Morgan fingerprint density at radius 1 is 1.25 bits per heavy atom. The van der Waals surface area contributed by atoms with Gasteiger partial charge in [0.15, 0.2) is 0 Å². The Morgan fingerprint density at radius 2 is 2.00 bits per heavy atom. The largest absolute Gasteiger partial charge is 0.489 e. The van der Waals surface area contributed by atoms with E-state index in [-0.39, 0.29) is 0 Å². The topological polar surface area (TPSA) is 60.4 Å². The van der Waals surface area contributed by atoms with E-state index in [1.165, 1.54) is 12.0 Å². The number of oxime groups is 1. The van der Waals surface area contributed by atoms with Crippen molar-refractivity contribution in [2.75, 3.05) is 25.7 Å². The standard InChI is InChI=1S/C22H26N2O4/c1-6-13-28-23-17(3)18-11-12-21(16(2)14-18)27-15-19-9-7-8-10-20(19)24(4)22(25)26-5/h6-12,14H,1,13,15H2,2-5H3/b23-17+. The minimum Gasteiger partial charge on any atom is -0.489 e. The molecule has 0 aromatic heterocycles. The van der Waals surface area contributed by atoms with Gasteiger partial charge < -0.3 is 14.3 Å². The summed E-state index contributed by atoms with van der Waals surface area (Å²) in [7, 11) is 3.03. The molecule has 2 aromatic rings. The number of methoxy groups -OCH3 is 1. The smallest absolute Gasteiger partial charge is 0.413 e. The number of anilines is 1. The molecule has 2 aromatic carbocycles. The van der Waals surface area contributed by atoms with E-state index in [9.17, 15) is 4.79 Å². The maximum atomic E-state index is 11.8. The molecule has 6 heteroatoms. The second-order valence-electron chi connectivity index (χ2n) is 6.19. The Bertz CT molecular complexity index is 861. The van der Waals surface area contributed by atoms with E-state index in [0.29, 0.717) is 13.2 Å². The van der Waals surface area contributed by atoms with Crippen molar-refractivity contribution in [3.63, 3.8) is 0 Å². The normalized spacial score (nSPS) is 10.9. The SMILES string of the molecule is C=CCO/N=C(\C)c1ccc(OCc2ccccc2N(C)C(=O)OC)c(C)c1. The van der Waals surface area contributed by atoms with Crippen molar-refractivity contribution in [2.45, 2.75) is 20.5 Å². The number of nitrogens with zero attached hydrogens (tertiary/aromatic N) is 2. The number of hydrogen-bond donors (Lipinski definition) is 0. The summed E-state index contributed by atoms with van der Waals surface area (Å²) in [5.41, 5.74) is 4.34. The van der Waals surface area contributed by atoms with Crippen LogP contribution in [0.2, 0.25) is 0 Å². The highest BCUT2D eigenvalue weighted by Crippen LogP contribution is 2.25. The van der Waals surface area contributed by atoms with Crippen LogP contribution in [-0.2, 0) is 16.2 Å². The summed E-state index contributed by atoms with van der Waals surface area (Å²) in [6.45, 7) is 8.15. The van der Waals surface area contributed by atoms with E-state index in [0.717, 1.165) is 33.8 Å². The van der Waals surface area contributed by atoms with Crippen molar-refractivity contribution in [3.8, 4) is 5.75 Å². The van der Waals surface area contributed by atoms with Crippen molar-refractivity contribution in [1.82, 2.24) is 0 Å². The van der Waals surface area contributed by atoms with Gasteiger partial charge in [0.25, 0.3) is 0 Å². The van der Waals surface area contributed by atoms with Crippen LogP contribution in [0.3, 0.4) is 0 Å². The molecule has 148 valence electrons. The molecule has 0 saturated carbocycles. The number of carbonyl (C=O) groups excluding carboxylic acids is 1. The van der Waals surface area contributed by atoms with Crippen molar-refractivity contribution < 1.29 is 19.1 Å². The number of carbonyl (C=O) groups is 1. The maximum Gasteiger partial charge on any atom is 0.413 e. The van der Waals surface area contributed by atoms with Crippen LogP contribution in [0.25, 0.3) is 0 Å². The second-order valence-corrected chi connectivity index (χ2v) is 6.19. The van der Waals surface area contributed by atoms with E-state index in [1.54, 1.807) is 13.1 Å². The minimum atomic E-state index is -0.429. The number of rotatable bonds is 8. The average Bonchev–Trinajstić information content (AvgIpc) is 2.72. The van der Waals surface area contributed by atoms with E-state index in [4.69, 9.17) is 14.3 Å². The first-order chi connectivity index (χ1) is 13.5. The van der Waals surface area contributed by atoms with Crippen LogP contribution in [-0.4, -0.2) is 32.6 Å². The molecule has 0 bridgehead atoms. The van der Waals surface area contributed by atoms with Crippen LogP contribution in [0.1, 0.15) is 23.6 Å². The quantitative estimate of drug-likeness (QED) is 0.287. The third-order valence-electron chi connectivity index (χ3n) is 4.17. The Hall–Kier alpha value is -3.28. The number of para-hydroxylation sites is 1. The molecule has 1 amide bonds. The van der Waals surface area contributed by atoms with Crippen molar-refractivity contribution in [2.24, 2.45) is 5.16 Å². The second kappa shape index (κ2) is 10.2. The summed E-state index contributed by atoms with van der Waals surface area (Å²) < 4.78 is 10.8. The molecule has 0 aliphatic carbocycles. The predicted molar refractivity (Wildman–Crippen MR) is 111 cm³/mol. The van der Waals surface area contributed by atoms with Gasteiger partial charge in [0, 0.05) is 12.6 Å². The lowest BCUT2D eigenvalue weighted by atomic mass is 10.1. The van der Waals surface area contributed by atoms with Gasteiger partial charge >= 0.3 is 6.09 Å². The van der Waals surface area contributed by atoms with Gasteiger partial charge in [-0.25, -0.2) is 4.79 Å². The van der Waals surface area contributed by atoms with Gasteiger partial charge in [-0.15, -0.1) is 0 Å². The first-order valence-electron chi connectivity index (χ1n) is 8.88. The van der Waals surface area contributed by atoms with Gasteiger partial charge in [-0.3, -0.25) is 4.90 Å². The van der Waals surface area contributed by atoms with E-state index in [2.05, 4.69) is 11.7 Å². The van der Waals surface area contributed by atoms with Gasteiger partial charge in [0.05, 0.1) is 18.5 Å². The molecule has 0 unspecified atom stereocenters. The Labute approximate surface area is 166 Å². The highest BCUT2D eigenvalue weighted by Gasteiger charge is 2.15. The molecule has 28 heavy (non-hydrogen) atoms. The van der Waals surface area contributed by atoms with Gasteiger partial charge in [0.1, 0.15) is 19.0 Å². The van der Waals surface area contributed by atoms with Crippen molar-refractivity contribution >= 4 is 17.5 Å². The molecule has 2 rings (SSSR count). The minimum absolute atomic E-state index is 0.327. The number of amides is 1. The molecule has 0 radical (unpaired) electrons. The summed E-state index contributed by atoms with van der Waals surface area (Å²) in [5, 5.41) is 4.06. The zero-order valence-corrected chi connectivity index (χ0v) is 16.8. The van der Waals surface area contributed by atoms with E-state index < -0.39 is 6.09 Å². The molecular weight excluding hydrogens is 356 g/mol. The number of ether oxygens (including phenoxy) is 2. The molecule has 0 heterocycles. The van der Waals surface area contributed by atoms with Crippen LogP contribution in [0, 0.1) is 6.92 Å². The number of aryl methyl sites for hydroxylation is 1. The van der Waals surface area contributed by atoms with Gasteiger partial charge in [-0.1, -0.05) is 36.0 Å². The molecular formula is C22H26N2O4. The van der Waals surface area contributed by atoms with Crippen molar-refractivity contribution in [3.05, 3.63) is 71.8 Å². The number of benzene rings is 2. The lowest BCUT2D eigenvalue weighted by molar-refractivity contribution is 0.175. The van der Waals surface area contributed by atoms with Crippen LogP contribution < -0.4 is 9.64 Å². The summed E-state index contributed by atoms with van der Waals surface area (Å²) in [5.74, 6) is 0.763. The Morgan fingerprint density at radius 3 is 2.68 bits per heavy atom. The third-order valence-corrected chi connectivity index (χ3v) is 4.17. The summed E-state index contributed by atoms with van der Waals surface area (Å²) in [4.78, 5) is 18.4. The molecule has 0 saturated heterocycles.